The average Bonchev–Trinajstić information content (AvgIpc) is 2.89. The first kappa shape index (κ1) is 13.9. The summed E-state index contributed by atoms with van der Waals surface area (Å²) in [6.07, 6.45) is 0. The van der Waals surface area contributed by atoms with Crippen LogP contribution in [0, 0.1) is 10.1 Å². The maximum atomic E-state index is 11.0. The summed E-state index contributed by atoms with van der Waals surface area (Å²) in [5, 5.41) is 21.6. The standard InChI is InChI=1S/C12H10N2O5S/c1-2-19-10-4-3-7(5-9(10)14(17)18)11-13-8(6-20-11)12(15)16/h3-6H,2H2,1H3,(H,15,16). The van der Waals surface area contributed by atoms with Crippen LogP contribution in [0.3, 0.4) is 0 Å². The molecule has 0 aliphatic carbocycles. The highest BCUT2D eigenvalue weighted by Crippen LogP contribution is 2.33. The Hall–Kier alpha value is -2.48. The Kier molecular flexibility index (Phi) is 3.94. The van der Waals surface area contributed by atoms with Crippen molar-refractivity contribution in [3.05, 3.63) is 39.4 Å². The van der Waals surface area contributed by atoms with Gasteiger partial charge in [0.25, 0.3) is 0 Å². The summed E-state index contributed by atoms with van der Waals surface area (Å²) in [4.78, 5) is 25.2. The summed E-state index contributed by atoms with van der Waals surface area (Å²) in [5.41, 5.74) is 0.232. The van der Waals surface area contributed by atoms with Crippen LogP contribution >= 0.6 is 11.3 Å². The van der Waals surface area contributed by atoms with Gasteiger partial charge in [-0.15, -0.1) is 11.3 Å². The van der Waals surface area contributed by atoms with Gasteiger partial charge in [0, 0.05) is 17.0 Å². The summed E-state index contributed by atoms with van der Waals surface area (Å²) >= 11 is 1.12. The lowest BCUT2D eigenvalue weighted by atomic mass is 10.2. The highest BCUT2D eigenvalue weighted by atomic mass is 32.1. The summed E-state index contributed by atoms with van der Waals surface area (Å²) in [7, 11) is 0. The zero-order valence-electron chi connectivity index (χ0n) is 10.4. The van der Waals surface area contributed by atoms with E-state index in [1.54, 1.807) is 13.0 Å². The molecular formula is C12H10N2O5S. The Labute approximate surface area is 117 Å². The van der Waals surface area contributed by atoms with Gasteiger partial charge in [-0.05, 0) is 19.1 Å². The van der Waals surface area contributed by atoms with Crippen molar-refractivity contribution < 1.29 is 19.6 Å². The predicted octanol–water partition coefficient (Wildman–Crippen LogP) is 2.82. The minimum Gasteiger partial charge on any atom is -0.487 e. The Morgan fingerprint density at radius 1 is 1.55 bits per heavy atom. The van der Waals surface area contributed by atoms with Gasteiger partial charge in [-0.25, -0.2) is 9.78 Å². The number of rotatable bonds is 5. The Bertz CT molecular complexity index is 668. The maximum absolute atomic E-state index is 11.0. The van der Waals surface area contributed by atoms with E-state index >= 15 is 0 Å². The molecule has 0 amide bonds. The van der Waals surface area contributed by atoms with Crippen LogP contribution in [-0.4, -0.2) is 27.6 Å². The second-order valence-electron chi connectivity index (χ2n) is 3.72. The molecule has 0 spiro atoms. The Morgan fingerprint density at radius 3 is 2.85 bits per heavy atom. The molecule has 2 rings (SSSR count). The number of nitrogens with zero attached hydrogens (tertiary/aromatic N) is 2. The number of aromatic carboxylic acids is 1. The molecule has 1 aromatic heterocycles. The third kappa shape index (κ3) is 2.75. The SMILES string of the molecule is CCOc1ccc(-c2nc(C(=O)O)cs2)cc1[N+](=O)[O-]. The van der Waals surface area contributed by atoms with Gasteiger partial charge in [0.1, 0.15) is 5.01 Å². The van der Waals surface area contributed by atoms with Gasteiger partial charge in [-0.2, -0.15) is 0 Å². The molecule has 0 atom stereocenters. The molecule has 0 saturated heterocycles. The van der Waals surface area contributed by atoms with Crippen LogP contribution < -0.4 is 4.74 Å². The number of aromatic nitrogens is 1. The average molecular weight is 294 g/mol. The molecular weight excluding hydrogens is 284 g/mol. The molecule has 1 heterocycles. The molecule has 0 aliphatic heterocycles. The number of carbonyl (C=O) groups is 1. The molecule has 0 fully saturated rings. The van der Waals surface area contributed by atoms with Crippen molar-refractivity contribution in [3.63, 3.8) is 0 Å². The largest absolute Gasteiger partial charge is 0.487 e. The van der Waals surface area contributed by atoms with Gasteiger partial charge < -0.3 is 9.84 Å². The number of hydrogen-bond donors (Lipinski definition) is 1. The summed E-state index contributed by atoms with van der Waals surface area (Å²) in [5.74, 6) is -0.954. The molecule has 7 nitrogen and oxygen atoms in total. The molecule has 104 valence electrons. The van der Waals surface area contributed by atoms with Gasteiger partial charge >= 0.3 is 11.7 Å². The number of benzene rings is 1. The highest BCUT2D eigenvalue weighted by molar-refractivity contribution is 7.13. The van der Waals surface area contributed by atoms with E-state index in [2.05, 4.69) is 4.98 Å². The maximum Gasteiger partial charge on any atom is 0.355 e. The normalized spacial score (nSPS) is 10.2. The van der Waals surface area contributed by atoms with E-state index in [1.165, 1.54) is 17.5 Å². The van der Waals surface area contributed by atoms with E-state index in [-0.39, 0.29) is 17.1 Å². The Balaban J connectivity index is 2.44. The van der Waals surface area contributed by atoms with Crippen molar-refractivity contribution in [2.24, 2.45) is 0 Å². The van der Waals surface area contributed by atoms with Gasteiger partial charge in [0.15, 0.2) is 11.4 Å². The van der Waals surface area contributed by atoms with Crippen LogP contribution in [0.15, 0.2) is 23.6 Å². The van der Waals surface area contributed by atoms with Crippen molar-refractivity contribution in [1.82, 2.24) is 4.98 Å². The summed E-state index contributed by atoms with van der Waals surface area (Å²) < 4.78 is 5.18. The van der Waals surface area contributed by atoms with Gasteiger partial charge in [0.05, 0.1) is 11.5 Å². The molecule has 20 heavy (non-hydrogen) atoms. The van der Waals surface area contributed by atoms with Crippen molar-refractivity contribution in [1.29, 1.82) is 0 Å². The quantitative estimate of drug-likeness (QED) is 0.672. The number of ether oxygens (including phenoxy) is 1. The molecule has 8 heteroatoms. The number of carboxylic acids is 1. The summed E-state index contributed by atoms with van der Waals surface area (Å²) in [6, 6.07) is 4.43. The van der Waals surface area contributed by atoms with Crippen LogP contribution in [0.4, 0.5) is 5.69 Å². The molecule has 0 unspecified atom stereocenters. The van der Waals surface area contributed by atoms with Gasteiger partial charge in [-0.3, -0.25) is 10.1 Å². The van der Waals surface area contributed by atoms with Crippen LogP contribution in [0.2, 0.25) is 0 Å². The first-order valence-corrected chi connectivity index (χ1v) is 6.51. The molecule has 0 aliphatic rings. The van der Waals surface area contributed by atoms with Gasteiger partial charge in [0.2, 0.25) is 0 Å². The van der Waals surface area contributed by atoms with Crippen LogP contribution in [0.5, 0.6) is 5.75 Å². The van der Waals surface area contributed by atoms with E-state index < -0.39 is 10.9 Å². The number of thiazole rings is 1. The van der Waals surface area contributed by atoms with Crippen molar-refractivity contribution in [3.8, 4) is 16.3 Å². The first-order valence-electron chi connectivity index (χ1n) is 5.63. The molecule has 0 saturated carbocycles. The lowest BCUT2D eigenvalue weighted by Gasteiger charge is -2.05. The molecule has 0 radical (unpaired) electrons. The zero-order chi connectivity index (χ0) is 14.7. The monoisotopic (exact) mass is 294 g/mol. The topological polar surface area (TPSA) is 103 Å². The third-order valence-electron chi connectivity index (χ3n) is 2.43. The van der Waals surface area contributed by atoms with Crippen LogP contribution in [0.1, 0.15) is 17.4 Å². The second kappa shape index (κ2) is 5.66. The minimum atomic E-state index is -1.13. The first-order chi connectivity index (χ1) is 9.52. The molecule has 1 aromatic carbocycles. The fourth-order valence-electron chi connectivity index (χ4n) is 1.58. The van der Waals surface area contributed by atoms with Crippen LogP contribution in [-0.2, 0) is 0 Å². The van der Waals surface area contributed by atoms with Crippen LogP contribution in [0.25, 0.3) is 10.6 Å². The van der Waals surface area contributed by atoms with E-state index in [9.17, 15) is 14.9 Å². The van der Waals surface area contributed by atoms with E-state index in [4.69, 9.17) is 9.84 Å². The predicted molar refractivity (Wildman–Crippen MR) is 72.3 cm³/mol. The van der Waals surface area contributed by atoms with E-state index in [0.29, 0.717) is 17.2 Å². The zero-order valence-corrected chi connectivity index (χ0v) is 11.2. The van der Waals surface area contributed by atoms with E-state index in [0.717, 1.165) is 11.3 Å². The molecule has 2 aromatic rings. The van der Waals surface area contributed by atoms with Crippen molar-refractivity contribution in [2.75, 3.05) is 6.61 Å². The fourth-order valence-corrected chi connectivity index (χ4v) is 2.37. The Morgan fingerprint density at radius 2 is 2.30 bits per heavy atom. The lowest BCUT2D eigenvalue weighted by molar-refractivity contribution is -0.385. The number of nitro groups is 1. The van der Waals surface area contributed by atoms with Gasteiger partial charge in [-0.1, -0.05) is 0 Å². The number of hydrogen-bond acceptors (Lipinski definition) is 6. The number of carboxylic acid groups (broad SMARTS) is 1. The third-order valence-corrected chi connectivity index (χ3v) is 3.32. The fraction of sp³-hybridized carbons (Fsp3) is 0.167. The highest BCUT2D eigenvalue weighted by Gasteiger charge is 2.18. The van der Waals surface area contributed by atoms with E-state index in [1.807, 2.05) is 0 Å². The number of nitro benzene ring substituents is 1. The second-order valence-corrected chi connectivity index (χ2v) is 4.57. The van der Waals surface area contributed by atoms with Crippen molar-refractivity contribution >= 4 is 23.0 Å². The lowest BCUT2D eigenvalue weighted by Crippen LogP contribution is -1.98. The van der Waals surface area contributed by atoms with Crippen molar-refractivity contribution in [2.45, 2.75) is 6.92 Å². The molecule has 1 N–H and O–H groups in total. The smallest absolute Gasteiger partial charge is 0.355 e. The summed E-state index contributed by atoms with van der Waals surface area (Å²) in [6.45, 7) is 2.05. The minimum absolute atomic E-state index is 0.0819. The molecule has 0 bridgehead atoms.